The normalized spacial score (nSPS) is 12.9. The monoisotopic (exact) mass is 802 g/mol. The van der Waals surface area contributed by atoms with E-state index in [4.69, 9.17) is 0 Å². The summed E-state index contributed by atoms with van der Waals surface area (Å²) in [5.74, 6) is 0. The van der Waals surface area contributed by atoms with Gasteiger partial charge in [-0.15, -0.1) is 0 Å². The third-order valence-electron chi connectivity index (χ3n) is 13.1. The van der Waals surface area contributed by atoms with Crippen LogP contribution in [-0.4, -0.2) is 0 Å². The van der Waals surface area contributed by atoms with Crippen molar-refractivity contribution in [2.45, 2.75) is 5.41 Å². The van der Waals surface area contributed by atoms with Gasteiger partial charge in [-0.2, -0.15) is 0 Å². The molecule has 0 aromatic heterocycles. The zero-order valence-corrected chi connectivity index (χ0v) is 34.6. The predicted octanol–water partition coefficient (Wildman–Crippen LogP) is 16.3. The van der Waals surface area contributed by atoms with Gasteiger partial charge in [-0.3, -0.25) is 0 Å². The van der Waals surface area contributed by atoms with Crippen LogP contribution in [0.1, 0.15) is 22.3 Å². The fourth-order valence-corrected chi connectivity index (χ4v) is 10.4. The van der Waals surface area contributed by atoms with Crippen molar-refractivity contribution >= 4 is 34.1 Å². The second kappa shape index (κ2) is 15.1. The zero-order valence-electron chi connectivity index (χ0n) is 34.6. The maximum atomic E-state index is 2.46. The third-order valence-corrected chi connectivity index (χ3v) is 13.1. The second-order valence-electron chi connectivity index (χ2n) is 16.4. The van der Waals surface area contributed by atoms with Crippen LogP contribution in [-0.2, 0) is 5.41 Å². The lowest BCUT2D eigenvalue weighted by Crippen LogP contribution is -2.36. The minimum atomic E-state index is -0.530. The number of para-hydroxylation sites is 4. The summed E-state index contributed by atoms with van der Waals surface area (Å²) in [5, 5.41) is 0. The van der Waals surface area contributed by atoms with E-state index >= 15 is 0 Å². The molecule has 1 aliphatic heterocycles. The molecule has 0 fully saturated rings. The van der Waals surface area contributed by atoms with Crippen LogP contribution < -0.4 is 9.80 Å². The van der Waals surface area contributed by atoms with Crippen LogP contribution in [0.4, 0.5) is 34.1 Å². The highest BCUT2D eigenvalue weighted by Crippen LogP contribution is 2.64. The number of anilines is 6. The van der Waals surface area contributed by atoms with Crippen molar-refractivity contribution in [1.29, 1.82) is 0 Å². The molecule has 1 spiro atoms. The predicted molar refractivity (Wildman–Crippen MR) is 263 cm³/mol. The topological polar surface area (TPSA) is 6.48 Å². The first kappa shape index (κ1) is 36.6. The zero-order chi connectivity index (χ0) is 41.7. The van der Waals surface area contributed by atoms with E-state index in [0.717, 1.165) is 28.3 Å². The number of hydrogen-bond donors (Lipinski definition) is 0. The van der Waals surface area contributed by atoms with E-state index in [9.17, 15) is 0 Å². The summed E-state index contributed by atoms with van der Waals surface area (Å²) in [6, 6.07) is 93.2. The molecule has 0 saturated heterocycles. The second-order valence-corrected chi connectivity index (χ2v) is 16.4. The van der Waals surface area contributed by atoms with Gasteiger partial charge in [0.15, 0.2) is 0 Å². The molecule has 12 rings (SSSR count). The van der Waals surface area contributed by atoms with Crippen LogP contribution in [0.3, 0.4) is 0 Å². The number of fused-ring (bicyclic) bond motifs is 9. The average molecular weight is 803 g/mol. The van der Waals surface area contributed by atoms with Crippen molar-refractivity contribution in [3.8, 4) is 44.5 Å². The maximum absolute atomic E-state index is 2.46. The molecule has 0 radical (unpaired) electrons. The molecule has 63 heavy (non-hydrogen) atoms. The Morgan fingerprint density at radius 2 is 0.746 bits per heavy atom. The van der Waals surface area contributed by atoms with Crippen LogP contribution in [0.2, 0.25) is 0 Å². The smallest absolute Gasteiger partial charge is 0.0754 e. The molecule has 0 unspecified atom stereocenters. The van der Waals surface area contributed by atoms with Crippen molar-refractivity contribution in [3.63, 3.8) is 0 Å². The summed E-state index contributed by atoms with van der Waals surface area (Å²) in [6.45, 7) is 0. The van der Waals surface area contributed by atoms with Gasteiger partial charge in [-0.05, 0) is 116 Å². The van der Waals surface area contributed by atoms with Crippen LogP contribution in [0.15, 0.2) is 255 Å². The van der Waals surface area contributed by atoms with Gasteiger partial charge in [0.2, 0.25) is 0 Å². The Kier molecular flexibility index (Phi) is 8.76. The Labute approximate surface area is 369 Å². The number of benzene rings is 10. The molecule has 1 aliphatic carbocycles. The van der Waals surface area contributed by atoms with E-state index in [0.29, 0.717) is 0 Å². The standard InChI is InChI=1S/C61H42N2/c1-4-20-43(21-5-1)44-36-38-47(39-37-44)62(58-33-17-13-29-52(58)50-27-11-10-26-49(50)45-22-6-2-7-23-45)48-40-41-55-53(42-48)51-28-12-14-30-54(51)61(55)56-31-15-18-34-59(56)63(46-24-8-3-9-25-46)60-35-19-16-32-57(60)61/h1-42H. The van der Waals surface area contributed by atoms with Crippen molar-refractivity contribution in [1.82, 2.24) is 0 Å². The molecule has 2 heteroatoms. The molecule has 0 saturated carbocycles. The first-order valence-electron chi connectivity index (χ1n) is 21.8. The largest absolute Gasteiger partial charge is 0.310 e. The molecule has 0 bridgehead atoms. The molecular formula is C61H42N2. The van der Waals surface area contributed by atoms with Crippen molar-refractivity contribution in [2.24, 2.45) is 0 Å². The molecule has 1 heterocycles. The van der Waals surface area contributed by atoms with Gasteiger partial charge in [-0.1, -0.05) is 200 Å². The van der Waals surface area contributed by atoms with Gasteiger partial charge < -0.3 is 9.80 Å². The van der Waals surface area contributed by atoms with E-state index in [1.165, 1.54) is 72.6 Å². The van der Waals surface area contributed by atoms with Crippen LogP contribution in [0.5, 0.6) is 0 Å². The Balaban J connectivity index is 1.09. The summed E-state index contributed by atoms with van der Waals surface area (Å²) in [6.07, 6.45) is 0. The van der Waals surface area contributed by atoms with Gasteiger partial charge in [0.05, 0.1) is 22.5 Å². The van der Waals surface area contributed by atoms with E-state index < -0.39 is 5.41 Å². The van der Waals surface area contributed by atoms with Crippen LogP contribution in [0, 0.1) is 0 Å². The molecular weight excluding hydrogens is 761 g/mol. The van der Waals surface area contributed by atoms with Gasteiger partial charge in [0, 0.05) is 22.6 Å². The molecule has 0 amide bonds. The first-order chi connectivity index (χ1) is 31.3. The molecule has 10 aromatic carbocycles. The highest BCUT2D eigenvalue weighted by molar-refractivity contribution is 5.99. The Morgan fingerprint density at radius 3 is 1.41 bits per heavy atom. The molecule has 0 atom stereocenters. The highest BCUT2D eigenvalue weighted by Gasteiger charge is 2.51. The number of hydrogen-bond acceptors (Lipinski definition) is 2. The molecule has 2 nitrogen and oxygen atoms in total. The van der Waals surface area contributed by atoms with Crippen LogP contribution >= 0.6 is 0 Å². The van der Waals surface area contributed by atoms with Crippen molar-refractivity contribution in [3.05, 3.63) is 277 Å². The number of nitrogens with zero attached hydrogens (tertiary/aromatic N) is 2. The van der Waals surface area contributed by atoms with Gasteiger partial charge >= 0.3 is 0 Å². The van der Waals surface area contributed by atoms with Gasteiger partial charge in [0.25, 0.3) is 0 Å². The molecule has 2 aliphatic rings. The van der Waals surface area contributed by atoms with Crippen LogP contribution in [0.25, 0.3) is 44.5 Å². The average Bonchev–Trinajstić information content (AvgIpc) is 3.65. The lowest BCUT2D eigenvalue weighted by atomic mass is 9.64. The quantitative estimate of drug-likeness (QED) is 0.158. The minimum absolute atomic E-state index is 0.530. The van der Waals surface area contributed by atoms with Crippen molar-refractivity contribution in [2.75, 3.05) is 9.80 Å². The maximum Gasteiger partial charge on any atom is 0.0754 e. The van der Waals surface area contributed by atoms with E-state index in [1.807, 2.05) is 0 Å². The highest BCUT2D eigenvalue weighted by atomic mass is 15.2. The fraction of sp³-hybridized carbons (Fsp3) is 0.0164. The summed E-state index contributed by atoms with van der Waals surface area (Å²) >= 11 is 0. The Morgan fingerprint density at radius 1 is 0.286 bits per heavy atom. The summed E-state index contributed by atoms with van der Waals surface area (Å²) in [7, 11) is 0. The Hall–Kier alpha value is -8.20. The molecule has 10 aromatic rings. The van der Waals surface area contributed by atoms with Gasteiger partial charge in [-0.25, -0.2) is 0 Å². The lowest BCUT2D eigenvalue weighted by Gasteiger charge is -2.45. The van der Waals surface area contributed by atoms with E-state index in [1.54, 1.807) is 0 Å². The first-order valence-corrected chi connectivity index (χ1v) is 21.8. The SMILES string of the molecule is c1ccc(-c2ccc(N(c3ccc4c(c3)-c3ccccc3C43c4ccccc4N(c4ccccc4)c4ccccc43)c3ccccc3-c3ccccc3-c3ccccc3)cc2)cc1. The summed E-state index contributed by atoms with van der Waals surface area (Å²) in [4.78, 5) is 4.90. The molecule has 296 valence electrons. The van der Waals surface area contributed by atoms with Gasteiger partial charge in [0.1, 0.15) is 0 Å². The summed E-state index contributed by atoms with van der Waals surface area (Å²) in [5.41, 5.74) is 21.1. The lowest BCUT2D eigenvalue weighted by molar-refractivity contribution is 0.752. The summed E-state index contributed by atoms with van der Waals surface area (Å²) < 4.78 is 0. The number of rotatable bonds is 7. The van der Waals surface area contributed by atoms with E-state index in [2.05, 4.69) is 265 Å². The third kappa shape index (κ3) is 5.80. The van der Waals surface area contributed by atoms with E-state index in [-0.39, 0.29) is 0 Å². The Bertz CT molecular complexity index is 3230. The molecule has 0 N–H and O–H groups in total. The fourth-order valence-electron chi connectivity index (χ4n) is 10.4. The van der Waals surface area contributed by atoms with Crippen molar-refractivity contribution < 1.29 is 0 Å². The minimum Gasteiger partial charge on any atom is -0.310 e.